The lowest BCUT2D eigenvalue weighted by atomic mass is 10.0. The van der Waals surface area contributed by atoms with Crippen LogP contribution in [0.4, 0.5) is 5.69 Å². The third-order valence-electron chi connectivity index (χ3n) is 4.78. The number of fused-ring (bicyclic) bond motifs is 1. The fraction of sp³-hybridized carbons (Fsp3) is 0.250. The second kappa shape index (κ2) is 7.00. The molecule has 0 saturated carbocycles. The third kappa shape index (κ3) is 3.18. The molecule has 0 radical (unpaired) electrons. The summed E-state index contributed by atoms with van der Waals surface area (Å²) in [6.45, 7) is 5.06. The van der Waals surface area contributed by atoms with Crippen LogP contribution in [0.25, 0.3) is 22.2 Å². The number of carbonyl (C=O) groups is 1. The molecule has 2 N–H and O–H groups in total. The number of hydrogen-bond donors (Lipinski definition) is 2. The van der Waals surface area contributed by atoms with Crippen LogP contribution in [0.3, 0.4) is 0 Å². The number of rotatable bonds is 4. The average molecular weight is 347 g/mol. The zero-order valence-corrected chi connectivity index (χ0v) is 14.5. The number of anilines is 1. The summed E-state index contributed by atoms with van der Waals surface area (Å²) in [7, 11) is 0. The van der Waals surface area contributed by atoms with Gasteiger partial charge in [0.15, 0.2) is 0 Å². The van der Waals surface area contributed by atoms with Crippen LogP contribution in [-0.2, 0) is 4.79 Å². The summed E-state index contributed by atoms with van der Waals surface area (Å²) >= 11 is 0. The Morgan fingerprint density at radius 2 is 2.35 bits per heavy atom. The van der Waals surface area contributed by atoms with Crippen LogP contribution >= 0.6 is 0 Å². The van der Waals surface area contributed by atoms with E-state index in [9.17, 15) is 4.79 Å². The Bertz CT molecular complexity index is 934. The minimum Gasteiger partial charge on any atom is -0.379 e. The number of nitrogens with one attached hydrogen (secondary N) is 2. The van der Waals surface area contributed by atoms with Crippen molar-refractivity contribution < 1.29 is 4.79 Å². The van der Waals surface area contributed by atoms with E-state index in [1.807, 2.05) is 35.6 Å². The molecule has 6 heteroatoms. The molecule has 1 atom stereocenters. The van der Waals surface area contributed by atoms with Crippen LogP contribution in [-0.4, -0.2) is 44.9 Å². The Labute approximate surface area is 152 Å². The van der Waals surface area contributed by atoms with Crippen LogP contribution in [0.1, 0.15) is 12.8 Å². The smallest absolute Gasteiger partial charge is 0.246 e. The molecule has 1 aliphatic heterocycles. The molecule has 6 nitrogen and oxygen atoms in total. The van der Waals surface area contributed by atoms with Crippen molar-refractivity contribution in [3.05, 3.63) is 55.6 Å². The molecule has 0 aliphatic carbocycles. The second-order valence-corrected chi connectivity index (χ2v) is 6.54. The number of hydrogen-bond acceptors (Lipinski definition) is 4. The lowest BCUT2D eigenvalue weighted by Gasteiger charge is -2.33. The summed E-state index contributed by atoms with van der Waals surface area (Å²) in [5, 5.41) is 4.58. The molecular weight excluding hydrogens is 326 g/mol. The van der Waals surface area contributed by atoms with Gasteiger partial charge >= 0.3 is 0 Å². The molecule has 4 rings (SSSR count). The van der Waals surface area contributed by atoms with E-state index in [0.29, 0.717) is 6.54 Å². The minimum absolute atomic E-state index is 0.00502. The van der Waals surface area contributed by atoms with E-state index in [0.717, 1.165) is 47.2 Å². The van der Waals surface area contributed by atoms with E-state index in [1.165, 1.54) is 6.08 Å². The number of pyridine rings is 2. The van der Waals surface area contributed by atoms with E-state index in [-0.39, 0.29) is 11.9 Å². The highest BCUT2D eigenvalue weighted by molar-refractivity contribution is 5.95. The van der Waals surface area contributed by atoms with E-state index >= 15 is 0 Å². The van der Waals surface area contributed by atoms with Crippen molar-refractivity contribution in [2.45, 2.75) is 18.9 Å². The van der Waals surface area contributed by atoms with Crippen LogP contribution in [0.2, 0.25) is 0 Å². The molecule has 1 fully saturated rings. The van der Waals surface area contributed by atoms with Gasteiger partial charge in [0, 0.05) is 54.2 Å². The first-order valence-corrected chi connectivity index (χ1v) is 8.80. The fourth-order valence-electron chi connectivity index (χ4n) is 3.50. The van der Waals surface area contributed by atoms with Gasteiger partial charge in [0.1, 0.15) is 5.65 Å². The summed E-state index contributed by atoms with van der Waals surface area (Å²) in [5.41, 5.74) is 3.94. The quantitative estimate of drug-likeness (QED) is 0.711. The number of amides is 1. The Kier molecular flexibility index (Phi) is 4.39. The first kappa shape index (κ1) is 16.3. The molecule has 4 heterocycles. The molecule has 0 spiro atoms. The van der Waals surface area contributed by atoms with Gasteiger partial charge in [0.25, 0.3) is 0 Å². The minimum atomic E-state index is -0.00502. The molecule has 1 amide bonds. The molecule has 0 bridgehead atoms. The van der Waals surface area contributed by atoms with Gasteiger partial charge in [0.2, 0.25) is 5.91 Å². The molecule has 3 aromatic heterocycles. The number of aromatic nitrogens is 3. The van der Waals surface area contributed by atoms with Gasteiger partial charge in [0.05, 0.1) is 11.9 Å². The van der Waals surface area contributed by atoms with Crippen molar-refractivity contribution >= 4 is 22.6 Å². The topological polar surface area (TPSA) is 73.9 Å². The monoisotopic (exact) mass is 347 g/mol. The summed E-state index contributed by atoms with van der Waals surface area (Å²) < 4.78 is 0. The Morgan fingerprint density at radius 1 is 1.42 bits per heavy atom. The average Bonchev–Trinajstić information content (AvgIpc) is 3.11. The Hall–Kier alpha value is -3.15. The van der Waals surface area contributed by atoms with Crippen LogP contribution in [0.15, 0.2) is 55.6 Å². The van der Waals surface area contributed by atoms with Crippen molar-refractivity contribution in [1.29, 1.82) is 0 Å². The maximum Gasteiger partial charge on any atom is 0.246 e. The first-order chi connectivity index (χ1) is 12.7. The van der Waals surface area contributed by atoms with Gasteiger partial charge in [-0.1, -0.05) is 12.6 Å². The fourth-order valence-corrected chi connectivity index (χ4v) is 3.50. The molecule has 1 saturated heterocycles. The van der Waals surface area contributed by atoms with Crippen molar-refractivity contribution in [2.24, 2.45) is 0 Å². The highest BCUT2D eigenvalue weighted by Crippen LogP contribution is 2.29. The zero-order chi connectivity index (χ0) is 17.9. The normalized spacial score (nSPS) is 17.2. The summed E-state index contributed by atoms with van der Waals surface area (Å²) in [6, 6.07) is 6.29. The number of carbonyl (C=O) groups excluding carboxylic acids is 1. The Balaban J connectivity index is 1.58. The largest absolute Gasteiger partial charge is 0.379 e. The van der Waals surface area contributed by atoms with E-state index in [1.54, 1.807) is 6.20 Å². The van der Waals surface area contributed by atoms with E-state index < -0.39 is 0 Å². The molecule has 0 unspecified atom stereocenters. The molecular formula is C20H21N5O. The molecule has 26 heavy (non-hydrogen) atoms. The molecule has 132 valence electrons. The summed E-state index contributed by atoms with van der Waals surface area (Å²) in [6.07, 6.45) is 10.8. The number of piperidine rings is 1. The van der Waals surface area contributed by atoms with Gasteiger partial charge in [-0.3, -0.25) is 9.78 Å². The number of nitrogens with zero attached hydrogens (tertiary/aromatic N) is 3. The van der Waals surface area contributed by atoms with Gasteiger partial charge in [-0.2, -0.15) is 0 Å². The number of aromatic amines is 1. The standard InChI is InChI=1S/C20H21N5O/c1-2-19(26)25-8-4-6-15(13-25)24-16-9-17-18(12-23-20(17)22-11-16)14-5-3-7-21-10-14/h2-3,5,7,9-12,15,24H,1,4,6,8,13H2,(H,22,23)/t15-/m1/s1. The molecule has 1 aliphatic rings. The molecule has 3 aromatic rings. The Morgan fingerprint density at radius 3 is 3.15 bits per heavy atom. The highest BCUT2D eigenvalue weighted by atomic mass is 16.2. The van der Waals surface area contributed by atoms with Crippen molar-refractivity contribution in [2.75, 3.05) is 18.4 Å². The van der Waals surface area contributed by atoms with Crippen LogP contribution in [0.5, 0.6) is 0 Å². The predicted molar refractivity (Wildman–Crippen MR) is 103 cm³/mol. The second-order valence-electron chi connectivity index (χ2n) is 6.54. The van der Waals surface area contributed by atoms with Crippen molar-refractivity contribution in [3.63, 3.8) is 0 Å². The van der Waals surface area contributed by atoms with Crippen LogP contribution < -0.4 is 5.32 Å². The zero-order valence-electron chi connectivity index (χ0n) is 14.5. The van der Waals surface area contributed by atoms with Gasteiger partial charge < -0.3 is 15.2 Å². The van der Waals surface area contributed by atoms with Crippen molar-refractivity contribution in [1.82, 2.24) is 19.9 Å². The van der Waals surface area contributed by atoms with E-state index in [4.69, 9.17) is 0 Å². The first-order valence-electron chi connectivity index (χ1n) is 8.80. The molecule has 0 aromatic carbocycles. The van der Waals surface area contributed by atoms with Gasteiger partial charge in [-0.25, -0.2) is 4.98 Å². The lowest BCUT2D eigenvalue weighted by molar-refractivity contribution is -0.127. The summed E-state index contributed by atoms with van der Waals surface area (Å²) in [5.74, 6) is -0.00502. The summed E-state index contributed by atoms with van der Waals surface area (Å²) in [4.78, 5) is 25.7. The SMILES string of the molecule is C=CC(=O)N1CCC[C@@H](Nc2cnc3[nH]cc(-c4cccnc4)c3c2)C1. The van der Waals surface area contributed by atoms with Gasteiger partial charge in [-0.05, 0) is 31.1 Å². The highest BCUT2D eigenvalue weighted by Gasteiger charge is 2.22. The maximum absolute atomic E-state index is 11.9. The maximum atomic E-state index is 11.9. The van der Waals surface area contributed by atoms with Crippen LogP contribution in [0, 0.1) is 0 Å². The number of H-pyrrole nitrogens is 1. The lowest BCUT2D eigenvalue weighted by Crippen LogP contribution is -2.44. The van der Waals surface area contributed by atoms with Gasteiger partial charge in [-0.15, -0.1) is 0 Å². The predicted octanol–water partition coefficient (Wildman–Crippen LogP) is 3.21. The number of likely N-dealkylation sites (tertiary alicyclic amines) is 1. The third-order valence-corrected chi connectivity index (χ3v) is 4.78. The van der Waals surface area contributed by atoms with Crippen molar-refractivity contribution in [3.8, 4) is 11.1 Å². The van der Waals surface area contributed by atoms with E-state index in [2.05, 4.69) is 32.9 Å².